The van der Waals surface area contributed by atoms with E-state index in [4.69, 9.17) is 19.0 Å². The number of hydrogen-bond acceptors (Lipinski definition) is 8. The van der Waals surface area contributed by atoms with Gasteiger partial charge in [-0.25, -0.2) is 4.79 Å². The van der Waals surface area contributed by atoms with Crippen LogP contribution in [-0.4, -0.2) is 54.9 Å². The van der Waals surface area contributed by atoms with Gasteiger partial charge in [0.25, 0.3) is 5.91 Å². The minimum absolute atomic E-state index is 0.180. The summed E-state index contributed by atoms with van der Waals surface area (Å²) in [6.07, 6.45) is 0.978. The lowest BCUT2D eigenvalue weighted by atomic mass is 10.1. The molecular formula is C17H18N2O7. The molecule has 1 aromatic rings. The van der Waals surface area contributed by atoms with E-state index in [1.807, 2.05) is 0 Å². The minimum Gasteiger partial charge on any atom is -0.454 e. The van der Waals surface area contributed by atoms with Gasteiger partial charge in [-0.05, 0) is 31.5 Å². The summed E-state index contributed by atoms with van der Waals surface area (Å²) < 4.78 is 15.3. The molecule has 2 amide bonds. The molecular weight excluding hydrogens is 344 g/mol. The van der Waals surface area contributed by atoms with Crippen LogP contribution >= 0.6 is 0 Å². The van der Waals surface area contributed by atoms with Gasteiger partial charge in [0, 0.05) is 18.5 Å². The van der Waals surface area contributed by atoms with Crippen molar-refractivity contribution >= 4 is 23.5 Å². The number of nitrogens with zero attached hydrogens (tertiary/aromatic N) is 2. The zero-order valence-electron chi connectivity index (χ0n) is 14.2. The van der Waals surface area contributed by atoms with Crippen molar-refractivity contribution < 1.29 is 33.4 Å². The quantitative estimate of drug-likeness (QED) is 0.420. The Morgan fingerprint density at radius 2 is 2.04 bits per heavy atom. The third-order valence-electron chi connectivity index (χ3n) is 3.91. The van der Waals surface area contributed by atoms with Crippen molar-refractivity contribution in [2.45, 2.75) is 19.8 Å². The molecule has 2 heterocycles. The van der Waals surface area contributed by atoms with Gasteiger partial charge in [0.2, 0.25) is 19.3 Å². The zero-order chi connectivity index (χ0) is 18.5. The number of imide groups is 1. The SMILES string of the molecule is C/C(=N\OCC(=O)OCC(=O)N1CCCC1=O)c1ccc2c(c1)OCO2. The number of carbonyl (C=O) groups is 3. The summed E-state index contributed by atoms with van der Waals surface area (Å²) in [6.45, 7) is 1.33. The van der Waals surface area contributed by atoms with Crippen LogP contribution in [0.3, 0.4) is 0 Å². The third kappa shape index (κ3) is 4.11. The number of likely N-dealkylation sites (tertiary alicyclic amines) is 1. The molecule has 0 atom stereocenters. The molecule has 0 aliphatic carbocycles. The van der Waals surface area contributed by atoms with Gasteiger partial charge < -0.3 is 19.0 Å². The molecule has 3 rings (SSSR count). The normalized spacial score (nSPS) is 16.0. The second-order valence-corrected chi connectivity index (χ2v) is 5.72. The van der Waals surface area contributed by atoms with Gasteiger partial charge in [0.1, 0.15) is 0 Å². The van der Waals surface area contributed by atoms with E-state index in [1.165, 1.54) is 0 Å². The number of esters is 1. The van der Waals surface area contributed by atoms with Crippen molar-refractivity contribution in [3.05, 3.63) is 23.8 Å². The highest BCUT2D eigenvalue weighted by molar-refractivity contribution is 5.99. The van der Waals surface area contributed by atoms with Crippen LogP contribution in [0.5, 0.6) is 11.5 Å². The number of oxime groups is 1. The Bertz CT molecular complexity index is 759. The fraction of sp³-hybridized carbons (Fsp3) is 0.412. The summed E-state index contributed by atoms with van der Waals surface area (Å²) in [4.78, 5) is 40.8. The first-order chi connectivity index (χ1) is 12.5. The second-order valence-electron chi connectivity index (χ2n) is 5.72. The Morgan fingerprint density at radius 1 is 1.23 bits per heavy atom. The van der Waals surface area contributed by atoms with Crippen LogP contribution in [-0.2, 0) is 24.0 Å². The Hall–Kier alpha value is -3.10. The average Bonchev–Trinajstić information content (AvgIpc) is 3.27. The highest BCUT2D eigenvalue weighted by atomic mass is 16.7. The highest BCUT2D eigenvalue weighted by Gasteiger charge is 2.27. The molecule has 1 fully saturated rings. The number of rotatable bonds is 6. The van der Waals surface area contributed by atoms with Crippen LogP contribution in [0.2, 0.25) is 0 Å². The molecule has 0 N–H and O–H groups in total. The Kier molecular flexibility index (Phi) is 5.35. The van der Waals surface area contributed by atoms with E-state index in [0.717, 1.165) is 10.5 Å². The maximum absolute atomic E-state index is 11.8. The summed E-state index contributed by atoms with van der Waals surface area (Å²) in [5.74, 6) is -0.238. The van der Waals surface area contributed by atoms with Gasteiger partial charge in [-0.1, -0.05) is 5.16 Å². The van der Waals surface area contributed by atoms with Gasteiger partial charge in [-0.15, -0.1) is 0 Å². The standard InChI is InChI=1S/C17H18N2O7/c1-11(12-4-5-13-14(7-12)25-10-24-13)18-26-9-17(22)23-8-16(21)19-6-2-3-15(19)20/h4-5,7H,2-3,6,8-10H2,1H3/b18-11+. The van der Waals surface area contributed by atoms with E-state index in [2.05, 4.69) is 5.16 Å². The Balaban J connectivity index is 1.43. The fourth-order valence-electron chi connectivity index (χ4n) is 2.53. The number of ether oxygens (including phenoxy) is 3. The molecule has 0 bridgehead atoms. The predicted octanol–water partition coefficient (Wildman–Crippen LogP) is 0.848. The minimum atomic E-state index is -0.743. The van der Waals surface area contributed by atoms with E-state index in [-0.39, 0.29) is 12.7 Å². The molecule has 9 heteroatoms. The molecule has 0 spiro atoms. The molecule has 2 aliphatic heterocycles. The largest absolute Gasteiger partial charge is 0.454 e. The maximum atomic E-state index is 11.8. The van der Waals surface area contributed by atoms with Crippen molar-refractivity contribution in [3.8, 4) is 11.5 Å². The van der Waals surface area contributed by atoms with Gasteiger partial charge in [0.15, 0.2) is 18.1 Å². The molecule has 9 nitrogen and oxygen atoms in total. The number of fused-ring (bicyclic) bond motifs is 1. The second kappa shape index (κ2) is 7.85. The molecule has 0 saturated carbocycles. The van der Waals surface area contributed by atoms with Crippen molar-refractivity contribution in [1.82, 2.24) is 4.90 Å². The summed E-state index contributed by atoms with van der Waals surface area (Å²) in [7, 11) is 0. The molecule has 138 valence electrons. The predicted molar refractivity (Wildman–Crippen MR) is 87.6 cm³/mol. The lowest BCUT2D eigenvalue weighted by molar-refractivity contribution is -0.157. The van der Waals surface area contributed by atoms with E-state index in [9.17, 15) is 14.4 Å². The van der Waals surface area contributed by atoms with Crippen molar-refractivity contribution in [3.63, 3.8) is 0 Å². The Labute approximate surface area is 149 Å². The van der Waals surface area contributed by atoms with Crippen LogP contribution in [0.4, 0.5) is 0 Å². The molecule has 2 aliphatic rings. The van der Waals surface area contributed by atoms with Crippen LogP contribution in [0, 0.1) is 0 Å². The number of amides is 2. The first-order valence-electron chi connectivity index (χ1n) is 8.10. The van der Waals surface area contributed by atoms with Crippen molar-refractivity contribution in [2.24, 2.45) is 5.16 Å². The summed E-state index contributed by atoms with van der Waals surface area (Å²) in [5, 5.41) is 3.85. The first kappa shape index (κ1) is 17.7. The number of carbonyl (C=O) groups excluding carboxylic acids is 3. The number of benzene rings is 1. The lowest BCUT2D eigenvalue weighted by Gasteiger charge is -2.13. The lowest BCUT2D eigenvalue weighted by Crippen LogP contribution is -2.35. The summed E-state index contributed by atoms with van der Waals surface area (Å²) >= 11 is 0. The summed E-state index contributed by atoms with van der Waals surface area (Å²) in [5.41, 5.74) is 1.29. The van der Waals surface area contributed by atoms with E-state index >= 15 is 0 Å². The van der Waals surface area contributed by atoms with Crippen molar-refractivity contribution in [2.75, 3.05) is 26.6 Å². The molecule has 1 aromatic carbocycles. The smallest absolute Gasteiger partial charge is 0.347 e. The first-order valence-corrected chi connectivity index (χ1v) is 8.10. The zero-order valence-corrected chi connectivity index (χ0v) is 14.2. The summed E-state index contributed by atoms with van der Waals surface area (Å²) in [6, 6.07) is 5.31. The van der Waals surface area contributed by atoms with Crippen LogP contribution in [0.1, 0.15) is 25.3 Å². The monoisotopic (exact) mass is 362 g/mol. The average molecular weight is 362 g/mol. The van der Waals surface area contributed by atoms with E-state index in [0.29, 0.717) is 36.6 Å². The van der Waals surface area contributed by atoms with Crippen LogP contribution < -0.4 is 9.47 Å². The fourth-order valence-corrected chi connectivity index (χ4v) is 2.53. The number of hydrogen-bond donors (Lipinski definition) is 0. The topological polar surface area (TPSA) is 104 Å². The molecule has 0 radical (unpaired) electrons. The van der Waals surface area contributed by atoms with E-state index < -0.39 is 25.1 Å². The van der Waals surface area contributed by atoms with Crippen molar-refractivity contribution in [1.29, 1.82) is 0 Å². The molecule has 0 unspecified atom stereocenters. The van der Waals surface area contributed by atoms with Crippen LogP contribution in [0.25, 0.3) is 0 Å². The third-order valence-corrected chi connectivity index (χ3v) is 3.91. The van der Waals surface area contributed by atoms with Gasteiger partial charge in [0.05, 0.1) is 5.71 Å². The molecule has 0 aromatic heterocycles. The maximum Gasteiger partial charge on any atom is 0.347 e. The van der Waals surface area contributed by atoms with Gasteiger partial charge in [-0.2, -0.15) is 0 Å². The van der Waals surface area contributed by atoms with E-state index in [1.54, 1.807) is 25.1 Å². The van der Waals surface area contributed by atoms with Gasteiger partial charge in [-0.3, -0.25) is 14.5 Å². The molecule has 26 heavy (non-hydrogen) atoms. The highest BCUT2D eigenvalue weighted by Crippen LogP contribution is 2.32. The van der Waals surface area contributed by atoms with Gasteiger partial charge >= 0.3 is 5.97 Å². The Morgan fingerprint density at radius 3 is 2.81 bits per heavy atom. The molecule has 1 saturated heterocycles. The van der Waals surface area contributed by atoms with Crippen LogP contribution in [0.15, 0.2) is 23.4 Å².